The van der Waals surface area contributed by atoms with Crippen molar-refractivity contribution in [2.75, 3.05) is 14.2 Å². The molecule has 0 atom stereocenters. The number of aromatic amines is 1. The molecule has 0 bridgehead atoms. The molecule has 7 rings (SSSR count). The number of azide groups is 1. The largest absolute Gasteiger partial charge is 1.00 e. The van der Waals surface area contributed by atoms with Crippen molar-refractivity contribution in [3.63, 3.8) is 0 Å². The molecular formula is C75H86IN12NaO13Sn. The third kappa shape index (κ3) is 46.7. The number of nitrogens with one attached hydrogen (secondary N) is 1. The Morgan fingerprint density at radius 2 is 0.913 bits per heavy atom. The van der Waals surface area contributed by atoms with Crippen molar-refractivity contribution in [2.24, 2.45) is 3.34 Å². The zero-order chi connectivity index (χ0) is 74.8. The summed E-state index contributed by atoms with van der Waals surface area (Å²) < 4.78 is 18.3. The number of hydrogen-bond donors (Lipinski definition) is 5. The number of unbranched alkanes of at least 4 members (excludes halogenated alkanes) is 3. The minimum atomic E-state index is -2.45. The maximum Gasteiger partial charge on any atom is 1.00 e. The molecule has 0 aliphatic heterocycles. The first-order chi connectivity index (χ1) is 48.1. The van der Waals surface area contributed by atoms with E-state index in [1.807, 2.05) is 42.5 Å². The van der Waals surface area contributed by atoms with Gasteiger partial charge in [-0.1, -0.05) is 85.9 Å². The summed E-state index contributed by atoms with van der Waals surface area (Å²) in [4.78, 5) is 67.7. The third-order valence-electron chi connectivity index (χ3n) is 13.3. The van der Waals surface area contributed by atoms with E-state index in [4.69, 9.17) is 52.3 Å². The molecule has 6 aromatic carbocycles. The molecule has 103 heavy (non-hydrogen) atoms. The molecule has 6 N–H and O–H groups in total. The molecule has 0 radical (unpaired) electrons. The van der Waals surface area contributed by atoms with Crippen LogP contribution in [0, 0.1) is 60.2 Å². The van der Waals surface area contributed by atoms with E-state index in [-0.39, 0.29) is 65.5 Å². The van der Waals surface area contributed by atoms with E-state index < -0.39 is 42.5 Å². The van der Waals surface area contributed by atoms with Crippen LogP contribution in [0.4, 0.5) is 0 Å². The minimum absolute atomic E-state index is 0. The predicted molar refractivity (Wildman–Crippen MR) is 399 cm³/mol. The number of ether oxygens (including phenoxy) is 2. The maximum absolute atomic E-state index is 11.2. The molecule has 1 aromatic heterocycles. The second-order valence-electron chi connectivity index (χ2n) is 20.7. The van der Waals surface area contributed by atoms with Gasteiger partial charge in [-0.2, -0.15) is 31.5 Å². The van der Waals surface area contributed by atoms with Gasteiger partial charge in [-0.25, -0.2) is 28.8 Å². The van der Waals surface area contributed by atoms with Crippen LogP contribution in [-0.2, 0) is 35.2 Å². The molecule has 536 valence electrons. The molecule has 0 saturated carbocycles. The molecule has 0 amide bonds. The third-order valence-corrected chi connectivity index (χ3v) is 26.5. The summed E-state index contributed by atoms with van der Waals surface area (Å²) in [7, 11) is 2.68. The standard InChI is InChI=1S/C11H11NO2.C11H9NO2.C10H10N4O2.C10H9NO2.C10H7NO2.C7H5IO2.3C4H9.C3H3N.CH4.N3.Na.H2O.Sn/c2*1-14-11(13)10-6-2-4-9(8-10)5-3-7-12;15-10(16)8-3-1-2-7(6-8)4-5-9-11-13-14-12-9;2*11-6-2-4-8-3-1-5-9(7-8)10(12)13;8-6-3-1-2-5(4-6)7(9)10;3*1-3-4-2;1-2-3-4;;1-3-2;;;/h2,4,6,8H,3,5H2,1H3;2-6,8H,1H3;1-3,6H,4-5H2,(H,15,16)(H,11,12,13,14);1,3,5,7H,2,4H2,(H,12,13);1-5,7H,(H,12,13);1-4H,(H,9,10);3*1,3-4H2,2H3;2H,1H2;1H4;;;1H2;/q;;;;;;;;;;;-1;+1;;+1/p-1. The van der Waals surface area contributed by atoms with Crippen molar-refractivity contribution >= 4 is 89.2 Å². The molecule has 0 fully saturated rings. The van der Waals surface area contributed by atoms with Gasteiger partial charge in [0.1, 0.15) is 0 Å². The normalized spacial score (nSPS) is 9.33. The SMILES string of the molecule is C.C=CC#N.CCC[CH2][Sn]([CH2]CCC)([CH2]CCC)[N]=[N+]=[N-].COC(=O)c1cccc(C=CC#N)c1.COC(=O)c1cccc(CCC#N)c1.N#CC=Cc1cccc(C(=O)O)c1.N#CCCc1cccc(C(=O)O)c1.O=C(O)c1cccc(CCc2nn[nH]n2)c1.O=C(O)c1cccc(I)c1.[Na+].[OH-]. The number of methoxy groups -OCH3 is 2. The summed E-state index contributed by atoms with van der Waals surface area (Å²) in [6.07, 6.45) is 18.0. The van der Waals surface area contributed by atoms with Gasteiger partial charge in [-0.3, -0.25) is 0 Å². The molecule has 0 aliphatic rings. The van der Waals surface area contributed by atoms with E-state index in [9.17, 15) is 28.8 Å². The Bertz CT molecular complexity index is 4000. The van der Waals surface area contributed by atoms with Crippen LogP contribution in [-0.4, -0.2) is 115 Å². The van der Waals surface area contributed by atoms with Gasteiger partial charge >= 0.3 is 170 Å². The van der Waals surface area contributed by atoms with Crippen LogP contribution in [0.25, 0.3) is 22.6 Å². The first kappa shape index (κ1) is 99.1. The van der Waals surface area contributed by atoms with Gasteiger partial charge in [0.05, 0.1) is 77.9 Å². The second-order valence-corrected chi connectivity index (χ2v) is 33.8. The molecule has 1 heterocycles. The van der Waals surface area contributed by atoms with Gasteiger partial charge in [0.25, 0.3) is 0 Å². The van der Waals surface area contributed by atoms with Crippen molar-refractivity contribution in [2.45, 2.75) is 119 Å². The Morgan fingerprint density at radius 3 is 1.24 bits per heavy atom. The number of carbonyl (C=O) groups excluding carboxylic acids is 2. The number of tetrazole rings is 1. The summed E-state index contributed by atoms with van der Waals surface area (Å²) >= 11 is -0.375. The van der Waals surface area contributed by atoms with Crippen LogP contribution in [0.2, 0.25) is 13.3 Å². The molecule has 0 spiro atoms. The average Bonchev–Trinajstić information content (AvgIpc) is 1.07. The predicted octanol–water partition coefficient (Wildman–Crippen LogP) is 14.2. The average molecular weight is 1630 g/mol. The number of nitrogens with zero attached hydrogens (tertiary/aromatic N) is 11. The van der Waals surface area contributed by atoms with E-state index in [1.54, 1.807) is 121 Å². The number of nitriles is 5. The number of H-pyrrole nitrogens is 1. The quantitative estimate of drug-likeness (QED) is 0.00675. The molecule has 28 heteroatoms. The van der Waals surface area contributed by atoms with Crippen LogP contribution in [0.1, 0.15) is 175 Å². The Balaban J connectivity index is -0.000000549. The van der Waals surface area contributed by atoms with Gasteiger partial charge in [-0.05, 0) is 161 Å². The van der Waals surface area contributed by atoms with E-state index in [0.717, 1.165) is 25.8 Å². The van der Waals surface area contributed by atoms with Crippen LogP contribution >= 0.6 is 22.6 Å². The number of carbonyl (C=O) groups is 6. The van der Waals surface area contributed by atoms with Gasteiger partial charge < -0.3 is 35.4 Å². The number of aromatic nitrogens is 4. The van der Waals surface area contributed by atoms with Gasteiger partial charge in [0.15, 0.2) is 5.82 Å². The van der Waals surface area contributed by atoms with E-state index >= 15 is 0 Å². The smallest absolute Gasteiger partial charge is 0.870 e. The number of rotatable bonds is 25. The molecule has 7 aromatic rings. The first-order valence-corrected chi connectivity index (χ1v) is 39.5. The van der Waals surface area contributed by atoms with E-state index in [0.29, 0.717) is 72.2 Å². The van der Waals surface area contributed by atoms with Gasteiger partial charge in [0.2, 0.25) is 0 Å². The number of carboxylic acid groups (broad SMARTS) is 4. The molecule has 0 aliphatic carbocycles. The Hall–Kier alpha value is -10.3. The molecule has 0 unspecified atom stereocenters. The Morgan fingerprint density at radius 1 is 0.563 bits per heavy atom. The number of benzene rings is 6. The molecule has 25 nitrogen and oxygen atoms in total. The number of hydrogen-bond acceptors (Lipinski definition) is 18. The number of halogens is 1. The number of aryl methyl sites for hydroxylation is 4. The maximum atomic E-state index is 11.2. The van der Waals surface area contributed by atoms with Crippen molar-refractivity contribution in [1.29, 1.82) is 26.3 Å². The zero-order valence-corrected chi connectivity index (χ0v) is 64.9. The zero-order valence-electron chi connectivity index (χ0n) is 57.9. The van der Waals surface area contributed by atoms with Gasteiger partial charge in [0, 0.05) is 41.1 Å². The summed E-state index contributed by atoms with van der Waals surface area (Å²) in [5, 5.41) is 88.9. The van der Waals surface area contributed by atoms with Crippen LogP contribution in [0.5, 0.6) is 0 Å². The monoisotopic (exact) mass is 1630 g/mol. The van der Waals surface area contributed by atoms with Crippen LogP contribution in [0.15, 0.2) is 174 Å². The number of esters is 2. The summed E-state index contributed by atoms with van der Waals surface area (Å²) in [5.41, 5.74) is 15.3. The molecular weight excluding hydrogens is 1550 g/mol. The number of allylic oxidation sites excluding steroid dienone is 3. The first-order valence-electron chi connectivity index (χ1n) is 31.1. The van der Waals surface area contributed by atoms with E-state index in [2.05, 4.69) is 94.4 Å². The van der Waals surface area contributed by atoms with Crippen molar-refractivity contribution < 1.29 is 93.7 Å². The fraction of sp³-hybridized carbons (Fsp3) is 0.280. The molecule has 0 saturated heterocycles. The second kappa shape index (κ2) is 62.7. The fourth-order valence-electron chi connectivity index (χ4n) is 8.32. The number of aromatic carboxylic acids is 4. The minimum Gasteiger partial charge on any atom is -0.870 e. The van der Waals surface area contributed by atoms with Crippen molar-refractivity contribution in [3.05, 3.63) is 251 Å². The fourth-order valence-corrected chi connectivity index (χ4v) is 21.1. The Kier molecular flexibility index (Phi) is 60.3. The summed E-state index contributed by atoms with van der Waals surface area (Å²) in [6, 6.07) is 50.2. The van der Waals surface area contributed by atoms with Crippen LogP contribution < -0.4 is 29.6 Å². The summed E-state index contributed by atoms with van der Waals surface area (Å²) in [6.45, 7) is 9.80. The van der Waals surface area contributed by atoms with Crippen LogP contribution in [0.3, 0.4) is 0 Å². The van der Waals surface area contributed by atoms with Gasteiger partial charge in [-0.15, -0.1) is 10.2 Å². The van der Waals surface area contributed by atoms with Crippen molar-refractivity contribution in [3.8, 4) is 30.3 Å². The van der Waals surface area contributed by atoms with E-state index in [1.165, 1.54) is 102 Å². The summed E-state index contributed by atoms with van der Waals surface area (Å²) in [5.74, 6) is -3.78. The topological polar surface area (TPSA) is 454 Å². The number of carboxylic acids is 4. The van der Waals surface area contributed by atoms with Crippen molar-refractivity contribution in [1.82, 2.24) is 20.6 Å². The Labute approximate surface area is 642 Å².